The Morgan fingerprint density at radius 3 is 2.80 bits per heavy atom. The van der Waals surface area contributed by atoms with E-state index in [4.69, 9.17) is 11.6 Å². The Labute approximate surface area is 130 Å². The Balaban J connectivity index is 2.05. The van der Waals surface area contributed by atoms with Crippen LogP contribution in [-0.4, -0.2) is 35.0 Å². The zero-order valence-corrected chi connectivity index (χ0v) is 13.5. The van der Waals surface area contributed by atoms with Crippen LogP contribution in [0.2, 0.25) is 5.02 Å². The zero-order chi connectivity index (χ0) is 14.3. The Hall–Kier alpha value is -0.910. The lowest BCUT2D eigenvalue weighted by atomic mass is 9.96. The number of aromatic amines is 1. The van der Waals surface area contributed by atoms with Crippen molar-refractivity contribution in [3.63, 3.8) is 0 Å². The fourth-order valence-corrected chi connectivity index (χ4v) is 3.12. The van der Waals surface area contributed by atoms with Gasteiger partial charge in [0.1, 0.15) is 5.82 Å². The fourth-order valence-electron chi connectivity index (χ4n) is 2.63. The lowest BCUT2D eigenvalue weighted by molar-refractivity contribution is 0.251. The summed E-state index contributed by atoms with van der Waals surface area (Å²) in [6, 6.07) is 3.47. The van der Waals surface area contributed by atoms with Crippen molar-refractivity contribution in [3.8, 4) is 0 Å². The summed E-state index contributed by atoms with van der Waals surface area (Å²) in [6.45, 7) is 2.08. The first kappa shape index (κ1) is 14.0. The van der Waals surface area contributed by atoms with Crippen LogP contribution in [0.1, 0.15) is 24.6 Å². The predicted octanol–water partition coefficient (Wildman–Crippen LogP) is 3.15. The van der Waals surface area contributed by atoms with Gasteiger partial charge in [0.25, 0.3) is 5.56 Å². The first-order chi connectivity index (χ1) is 9.54. The summed E-state index contributed by atoms with van der Waals surface area (Å²) in [5.41, 5.74) is 0.581. The number of halogens is 2. The fraction of sp³-hybridized carbons (Fsp3) is 0.429. The van der Waals surface area contributed by atoms with Crippen LogP contribution in [0.5, 0.6) is 0 Å². The zero-order valence-electron chi connectivity index (χ0n) is 11.1. The molecule has 0 radical (unpaired) electrons. The van der Waals surface area contributed by atoms with Gasteiger partial charge < -0.3 is 9.88 Å². The number of rotatable bonds is 1. The second-order valence-electron chi connectivity index (χ2n) is 5.31. The smallest absolute Gasteiger partial charge is 0.258 e. The Morgan fingerprint density at radius 2 is 2.10 bits per heavy atom. The average molecular weight is 357 g/mol. The SMILES string of the molecule is CN1CCC(c2nc3cc(Br)c(Cl)cc3c(=O)[nH]2)CC1. The molecular formula is C14H15BrClN3O. The highest BCUT2D eigenvalue weighted by molar-refractivity contribution is 9.10. The van der Waals surface area contributed by atoms with Crippen molar-refractivity contribution in [1.82, 2.24) is 14.9 Å². The molecule has 1 saturated heterocycles. The van der Waals surface area contributed by atoms with Gasteiger partial charge in [0, 0.05) is 10.4 Å². The van der Waals surface area contributed by atoms with E-state index in [1.165, 1.54) is 0 Å². The maximum absolute atomic E-state index is 12.2. The second kappa shape index (κ2) is 5.47. The van der Waals surface area contributed by atoms with Gasteiger partial charge in [-0.3, -0.25) is 4.79 Å². The molecule has 1 fully saturated rings. The molecule has 0 atom stereocenters. The summed E-state index contributed by atoms with van der Waals surface area (Å²) in [5.74, 6) is 1.13. The monoisotopic (exact) mass is 355 g/mol. The summed E-state index contributed by atoms with van der Waals surface area (Å²) in [4.78, 5) is 22.0. The van der Waals surface area contributed by atoms with E-state index in [0.29, 0.717) is 21.8 Å². The number of nitrogens with one attached hydrogen (secondary N) is 1. The average Bonchev–Trinajstić information content (AvgIpc) is 2.42. The normalized spacial score (nSPS) is 17.8. The molecule has 1 aliphatic heterocycles. The van der Waals surface area contributed by atoms with Gasteiger partial charge >= 0.3 is 0 Å². The number of piperidine rings is 1. The molecule has 1 aromatic heterocycles. The van der Waals surface area contributed by atoms with Crippen LogP contribution >= 0.6 is 27.5 Å². The van der Waals surface area contributed by atoms with Crippen LogP contribution in [0.25, 0.3) is 10.9 Å². The Kier molecular flexibility index (Phi) is 3.84. The standard InChI is InChI=1S/C14H15BrClN3O/c1-19-4-2-8(3-5-19)13-17-12-7-10(15)11(16)6-9(12)14(20)18-13/h6-8H,2-5H2,1H3,(H,17,18,20). The summed E-state index contributed by atoms with van der Waals surface area (Å²) in [6.07, 6.45) is 2.05. The van der Waals surface area contributed by atoms with Gasteiger partial charge in [0.2, 0.25) is 0 Å². The minimum atomic E-state index is -0.113. The number of hydrogen-bond acceptors (Lipinski definition) is 3. The van der Waals surface area contributed by atoms with E-state index >= 15 is 0 Å². The number of H-pyrrole nitrogens is 1. The molecule has 0 amide bonds. The van der Waals surface area contributed by atoms with Gasteiger partial charge in [-0.2, -0.15) is 0 Å². The molecule has 1 aliphatic rings. The summed E-state index contributed by atoms with van der Waals surface area (Å²) in [7, 11) is 2.12. The molecule has 4 nitrogen and oxygen atoms in total. The molecule has 0 unspecified atom stereocenters. The van der Waals surface area contributed by atoms with Gasteiger partial charge in [-0.15, -0.1) is 0 Å². The van der Waals surface area contributed by atoms with Crippen LogP contribution < -0.4 is 5.56 Å². The molecule has 0 saturated carbocycles. The van der Waals surface area contributed by atoms with E-state index in [1.807, 2.05) is 6.07 Å². The predicted molar refractivity (Wildman–Crippen MR) is 84.5 cm³/mol. The molecule has 0 spiro atoms. The maximum Gasteiger partial charge on any atom is 0.258 e. The van der Waals surface area contributed by atoms with Crippen molar-refractivity contribution in [3.05, 3.63) is 37.8 Å². The lowest BCUT2D eigenvalue weighted by Crippen LogP contribution is -2.30. The molecule has 3 rings (SSSR count). The minimum Gasteiger partial charge on any atom is -0.310 e. The van der Waals surface area contributed by atoms with Crippen LogP contribution in [-0.2, 0) is 0 Å². The molecule has 2 aromatic rings. The van der Waals surface area contributed by atoms with E-state index in [9.17, 15) is 4.79 Å². The minimum absolute atomic E-state index is 0.113. The summed E-state index contributed by atoms with van der Waals surface area (Å²) in [5, 5.41) is 1.06. The van der Waals surface area contributed by atoms with Gasteiger partial charge in [0.15, 0.2) is 0 Å². The third-order valence-electron chi connectivity index (χ3n) is 3.87. The lowest BCUT2D eigenvalue weighted by Gasteiger charge is -2.28. The van der Waals surface area contributed by atoms with Crippen molar-refractivity contribution in [2.75, 3.05) is 20.1 Å². The number of aromatic nitrogens is 2. The van der Waals surface area contributed by atoms with E-state index in [-0.39, 0.29) is 5.56 Å². The highest BCUT2D eigenvalue weighted by Crippen LogP contribution is 2.28. The third-order valence-corrected chi connectivity index (χ3v) is 5.07. The molecule has 6 heteroatoms. The molecular weight excluding hydrogens is 342 g/mol. The molecule has 20 heavy (non-hydrogen) atoms. The van der Waals surface area contributed by atoms with Crippen LogP contribution in [0.15, 0.2) is 21.4 Å². The molecule has 0 bridgehead atoms. The molecule has 0 aliphatic carbocycles. The van der Waals surface area contributed by atoms with E-state index in [2.05, 4.69) is 37.8 Å². The molecule has 2 heterocycles. The summed E-state index contributed by atoms with van der Waals surface area (Å²) >= 11 is 9.41. The number of likely N-dealkylation sites (tertiary alicyclic amines) is 1. The molecule has 106 valence electrons. The van der Waals surface area contributed by atoms with Gasteiger partial charge in [-0.05, 0) is 61.0 Å². The van der Waals surface area contributed by atoms with Crippen LogP contribution in [0, 0.1) is 0 Å². The second-order valence-corrected chi connectivity index (χ2v) is 6.57. The Morgan fingerprint density at radius 1 is 1.40 bits per heavy atom. The largest absolute Gasteiger partial charge is 0.310 e. The maximum atomic E-state index is 12.2. The highest BCUT2D eigenvalue weighted by Gasteiger charge is 2.21. The van der Waals surface area contributed by atoms with E-state index < -0.39 is 0 Å². The van der Waals surface area contributed by atoms with E-state index in [1.54, 1.807) is 6.07 Å². The van der Waals surface area contributed by atoms with E-state index in [0.717, 1.165) is 36.2 Å². The van der Waals surface area contributed by atoms with Crippen molar-refractivity contribution in [1.29, 1.82) is 0 Å². The van der Waals surface area contributed by atoms with Crippen molar-refractivity contribution in [2.24, 2.45) is 0 Å². The number of benzene rings is 1. The van der Waals surface area contributed by atoms with Crippen molar-refractivity contribution in [2.45, 2.75) is 18.8 Å². The first-order valence-corrected chi connectivity index (χ1v) is 7.79. The summed E-state index contributed by atoms with van der Waals surface area (Å²) < 4.78 is 0.763. The first-order valence-electron chi connectivity index (χ1n) is 6.62. The van der Waals surface area contributed by atoms with Gasteiger partial charge in [-0.25, -0.2) is 4.98 Å². The quantitative estimate of drug-likeness (QED) is 0.854. The number of nitrogens with zero attached hydrogens (tertiary/aromatic N) is 2. The van der Waals surface area contributed by atoms with Gasteiger partial charge in [0.05, 0.1) is 15.9 Å². The molecule has 1 aromatic carbocycles. The topological polar surface area (TPSA) is 49.0 Å². The Bertz CT molecular complexity index is 707. The third kappa shape index (κ3) is 2.62. The van der Waals surface area contributed by atoms with Crippen LogP contribution in [0.4, 0.5) is 0 Å². The van der Waals surface area contributed by atoms with Crippen molar-refractivity contribution < 1.29 is 0 Å². The highest BCUT2D eigenvalue weighted by atomic mass is 79.9. The number of fused-ring (bicyclic) bond motifs is 1. The molecule has 1 N–H and O–H groups in total. The number of hydrogen-bond donors (Lipinski definition) is 1. The van der Waals surface area contributed by atoms with Crippen LogP contribution in [0.3, 0.4) is 0 Å². The van der Waals surface area contributed by atoms with Gasteiger partial charge in [-0.1, -0.05) is 11.6 Å². The van der Waals surface area contributed by atoms with Crippen molar-refractivity contribution >= 4 is 38.4 Å².